The highest BCUT2D eigenvalue weighted by Gasteiger charge is 2.16. The number of benzene rings is 1. The van der Waals surface area contributed by atoms with Crippen LogP contribution in [-0.2, 0) is 4.79 Å². The average Bonchev–Trinajstić information content (AvgIpc) is 2.72. The molecule has 4 heteroatoms. The summed E-state index contributed by atoms with van der Waals surface area (Å²) >= 11 is 0. The fourth-order valence-corrected chi connectivity index (χ4v) is 1.94. The SMILES string of the molecule is Cc1oc(-c2ccccc2)cc1C(N)CC(N)=O. The molecule has 2 aromatic rings. The van der Waals surface area contributed by atoms with Gasteiger partial charge in [-0.1, -0.05) is 30.3 Å². The molecule has 0 fully saturated rings. The maximum absolute atomic E-state index is 10.9. The van der Waals surface area contributed by atoms with Crippen molar-refractivity contribution >= 4 is 5.91 Å². The molecule has 1 aromatic carbocycles. The van der Waals surface area contributed by atoms with E-state index >= 15 is 0 Å². The fourth-order valence-electron chi connectivity index (χ4n) is 1.94. The minimum Gasteiger partial charge on any atom is -0.461 e. The number of furan rings is 1. The van der Waals surface area contributed by atoms with E-state index in [2.05, 4.69) is 0 Å². The van der Waals surface area contributed by atoms with Crippen molar-refractivity contribution in [3.8, 4) is 11.3 Å². The lowest BCUT2D eigenvalue weighted by Gasteiger charge is -2.06. The van der Waals surface area contributed by atoms with E-state index in [9.17, 15) is 4.79 Å². The van der Waals surface area contributed by atoms with Gasteiger partial charge in [0.2, 0.25) is 5.91 Å². The number of hydrogen-bond acceptors (Lipinski definition) is 3. The van der Waals surface area contributed by atoms with Crippen molar-refractivity contribution in [2.24, 2.45) is 11.5 Å². The first-order valence-electron chi connectivity index (χ1n) is 5.77. The maximum Gasteiger partial charge on any atom is 0.219 e. The Labute approximate surface area is 106 Å². The Kier molecular flexibility index (Phi) is 3.48. The third kappa shape index (κ3) is 2.60. The van der Waals surface area contributed by atoms with E-state index in [1.54, 1.807) is 0 Å². The van der Waals surface area contributed by atoms with Crippen LogP contribution in [0.15, 0.2) is 40.8 Å². The Morgan fingerprint density at radius 2 is 2.00 bits per heavy atom. The Balaban J connectivity index is 2.30. The first kappa shape index (κ1) is 12.4. The van der Waals surface area contributed by atoms with Gasteiger partial charge in [0, 0.05) is 23.6 Å². The second-order valence-corrected chi connectivity index (χ2v) is 4.27. The summed E-state index contributed by atoms with van der Waals surface area (Å²) in [6, 6.07) is 11.2. The van der Waals surface area contributed by atoms with E-state index in [4.69, 9.17) is 15.9 Å². The van der Waals surface area contributed by atoms with Crippen molar-refractivity contribution in [1.29, 1.82) is 0 Å². The first-order chi connectivity index (χ1) is 8.58. The van der Waals surface area contributed by atoms with Crippen molar-refractivity contribution in [2.45, 2.75) is 19.4 Å². The normalized spacial score (nSPS) is 12.3. The van der Waals surface area contributed by atoms with Crippen LogP contribution in [0.5, 0.6) is 0 Å². The van der Waals surface area contributed by atoms with Gasteiger partial charge in [-0.25, -0.2) is 0 Å². The van der Waals surface area contributed by atoms with Crippen LogP contribution in [-0.4, -0.2) is 5.91 Å². The lowest BCUT2D eigenvalue weighted by Crippen LogP contribution is -2.20. The van der Waals surface area contributed by atoms with Crippen molar-refractivity contribution in [2.75, 3.05) is 0 Å². The van der Waals surface area contributed by atoms with Crippen molar-refractivity contribution < 1.29 is 9.21 Å². The topological polar surface area (TPSA) is 82.2 Å². The molecule has 0 radical (unpaired) electrons. The molecule has 1 aromatic heterocycles. The summed E-state index contributed by atoms with van der Waals surface area (Å²) in [6.45, 7) is 1.84. The standard InChI is InChI=1S/C14H16N2O2/c1-9-11(12(15)8-14(16)17)7-13(18-9)10-5-3-2-4-6-10/h2-7,12H,8,15H2,1H3,(H2,16,17). The zero-order chi connectivity index (χ0) is 13.1. The molecule has 0 spiro atoms. The molecule has 0 aliphatic heterocycles. The summed E-state index contributed by atoms with van der Waals surface area (Å²) in [5, 5.41) is 0. The minimum absolute atomic E-state index is 0.120. The summed E-state index contributed by atoms with van der Waals surface area (Å²) in [5.74, 6) is 1.06. The largest absolute Gasteiger partial charge is 0.461 e. The van der Waals surface area contributed by atoms with Crippen LogP contribution in [0.3, 0.4) is 0 Å². The maximum atomic E-state index is 10.9. The quantitative estimate of drug-likeness (QED) is 0.864. The van der Waals surface area contributed by atoms with Crippen LogP contribution in [0.25, 0.3) is 11.3 Å². The predicted octanol–water partition coefficient (Wildman–Crippen LogP) is 2.13. The molecule has 1 atom stereocenters. The lowest BCUT2D eigenvalue weighted by molar-refractivity contribution is -0.118. The van der Waals surface area contributed by atoms with E-state index in [-0.39, 0.29) is 6.42 Å². The molecule has 18 heavy (non-hydrogen) atoms. The van der Waals surface area contributed by atoms with E-state index < -0.39 is 11.9 Å². The highest BCUT2D eigenvalue weighted by Crippen LogP contribution is 2.29. The number of hydrogen-bond donors (Lipinski definition) is 2. The summed E-state index contributed by atoms with van der Waals surface area (Å²) in [4.78, 5) is 10.9. The number of primary amides is 1. The Hall–Kier alpha value is -2.07. The zero-order valence-electron chi connectivity index (χ0n) is 10.2. The molecule has 0 aliphatic rings. The van der Waals surface area contributed by atoms with Gasteiger partial charge in [-0.3, -0.25) is 4.79 Å². The van der Waals surface area contributed by atoms with E-state index in [0.717, 1.165) is 22.6 Å². The van der Waals surface area contributed by atoms with E-state index in [1.165, 1.54) is 0 Å². The number of rotatable bonds is 4. The lowest BCUT2D eigenvalue weighted by atomic mass is 10.0. The molecule has 2 rings (SSSR count). The summed E-state index contributed by atoms with van der Waals surface area (Å²) in [7, 11) is 0. The monoisotopic (exact) mass is 244 g/mol. The predicted molar refractivity (Wildman–Crippen MR) is 69.6 cm³/mol. The van der Waals surface area contributed by atoms with Crippen molar-refractivity contribution in [3.63, 3.8) is 0 Å². The second-order valence-electron chi connectivity index (χ2n) is 4.27. The van der Waals surface area contributed by atoms with Crippen LogP contribution in [0.1, 0.15) is 23.8 Å². The highest BCUT2D eigenvalue weighted by molar-refractivity contribution is 5.74. The Morgan fingerprint density at radius 1 is 1.33 bits per heavy atom. The van der Waals surface area contributed by atoms with Gasteiger partial charge in [0.25, 0.3) is 0 Å². The second kappa shape index (κ2) is 5.06. The highest BCUT2D eigenvalue weighted by atomic mass is 16.3. The molecule has 0 saturated heterocycles. The van der Waals surface area contributed by atoms with Crippen molar-refractivity contribution in [1.82, 2.24) is 0 Å². The van der Waals surface area contributed by atoms with Crippen LogP contribution < -0.4 is 11.5 Å². The molecule has 0 bridgehead atoms. The van der Waals surface area contributed by atoms with Crippen LogP contribution >= 0.6 is 0 Å². The summed E-state index contributed by atoms with van der Waals surface area (Å²) in [5.41, 5.74) is 12.9. The van der Waals surface area contributed by atoms with Crippen molar-refractivity contribution in [3.05, 3.63) is 47.7 Å². The third-order valence-electron chi connectivity index (χ3n) is 2.84. The fraction of sp³-hybridized carbons (Fsp3) is 0.214. The molecule has 1 unspecified atom stereocenters. The molecule has 94 valence electrons. The van der Waals surface area contributed by atoms with Gasteiger partial charge in [0.05, 0.1) is 0 Å². The molecule has 1 heterocycles. The van der Waals surface area contributed by atoms with Gasteiger partial charge in [-0.15, -0.1) is 0 Å². The molecule has 0 saturated carbocycles. The molecule has 4 nitrogen and oxygen atoms in total. The van der Waals surface area contributed by atoms with Gasteiger partial charge >= 0.3 is 0 Å². The Bertz CT molecular complexity index is 546. The van der Waals surface area contributed by atoms with Crippen LogP contribution in [0, 0.1) is 6.92 Å². The summed E-state index contributed by atoms with van der Waals surface area (Å²) in [6.07, 6.45) is 0.120. The van der Waals surface area contributed by atoms with Gasteiger partial charge in [0.15, 0.2) is 0 Å². The zero-order valence-corrected chi connectivity index (χ0v) is 10.2. The number of nitrogens with two attached hydrogens (primary N) is 2. The van der Waals surface area contributed by atoms with Crippen LogP contribution in [0.2, 0.25) is 0 Å². The molecule has 0 aliphatic carbocycles. The van der Waals surface area contributed by atoms with Crippen LogP contribution in [0.4, 0.5) is 0 Å². The first-order valence-corrected chi connectivity index (χ1v) is 5.77. The van der Waals surface area contributed by atoms with Gasteiger partial charge in [-0.2, -0.15) is 0 Å². The van der Waals surface area contributed by atoms with E-state index in [0.29, 0.717) is 0 Å². The number of carbonyl (C=O) groups is 1. The minimum atomic E-state index is -0.413. The molecule has 4 N–H and O–H groups in total. The Morgan fingerprint density at radius 3 is 2.61 bits per heavy atom. The average molecular weight is 244 g/mol. The number of aryl methyl sites for hydroxylation is 1. The van der Waals surface area contributed by atoms with Gasteiger partial charge in [-0.05, 0) is 13.0 Å². The molecule has 1 amide bonds. The molecular formula is C14H16N2O2. The third-order valence-corrected chi connectivity index (χ3v) is 2.84. The van der Waals surface area contributed by atoms with Gasteiger partial charge in [0.1, 0.15) is 11.5 Å². The van der Waals surface area contributed by atoms with Gasteiger partial charge < -0.3 is 15.9 Å². The van der Waals surface area contributed by atoms with E-state index in [1.807, 2.05) is 43.3 Å². The smallest absolute Gasteiger partial charge is 0.219 e. The summed E-state index contributed by atoms with van der Waals surface area (Å²) < 4.78 is 5.67. The molecular weight excluding hydrogens is 228 g/mol. The number of carbonyl (C=O) groups excluding carboxylic acids is 1. The number of amides is 1.